The van der Waals surface area contributed by atoms with E-state index in [1.54, 1.807) is 0 Å². The van der Waals surface area contributed by atoms with Crippen LogP contribution in [0.3, 0.4) is 0 Å². The van der Waals surface area contributed by atoms with Crippen molar-refractivity contribution < 1.29 is 0 Å². The number of nitrogens with one attached hydrogen (secondary N) is 1. The summed E-state index contributed by atoms with van der Waals surface area (Å²) in [5.41, 5.74) is 2.53. The standard InChI is InChI=1S/C15H20BrN3/c1-3-9-19-15(7-8-18-19)11-17-12(2)13-5-4-6-14(16)10-13/h4-8,10,12,17H,3,9,11H2,1-2H3/t12-/m1/s1. The molecule has 2 aromatic rings. The predicted octanol–water partition coefficient (Wildman–Crippen LogP) is 3.91. The maximum Gasteiger partial charge on any atom is 0.0522 e. The molecular formula is C15H20BrN3. The van der Waals surface area contributed by atoms with Crippen LogP contribution in [-0.4, -0.2) is 9.78 Å². The number of halogens is 1. The van der Waals surface area contributed by atoms with E-state index in [4.69, 9.17) is 0 Å². The summed E-state index contributed by atoms with van der Waals surface area (Å²) in [5, 5.41) is 7.89. The van der Waals surface area contributed by atoms with E-state index in [0.717, 1.165) is 24.0 Å². The summed E-state index contributed by atoms with van der Waals surface area (Å²) in [6.45, 7) is 6.17. The van der Waals surface area contributed by atoms with Crippen molar-refractivity contribution in [3.05, 3.63) is 52.3 Å². The molecule has 0 aliphatic rings. The van der Waals surface area contributed by atoms with Crippen LogP contribution in [0.25, 0.3) is 0 Å². The topological polar surface area (TPSA) is 29.9 Å². The molecule has 3 nitrogen and oxygen atoms in total. The van der Waals surface area contributed by atoms with Crippen LogP contribution in [0, 0.1) is 0 Å². The molecule has 1 heterocycles. The van der Waals surface area contributed by atoms with Crippen LogP contribution in [0.2, 0.25) is 0 Å². The average molecular weight is 322 g/mol. The Balaban J connectivity index is 1.96. The summed E-state index contributed by atoms with van der Waals surface area (Å²) in [6, 6.07) is 10.8. The summed E-state index contributed by atoms with van der Waals surface area (Å²) in [7, 11) is 0. The van der Waals surface area contributed by atoms with Crippen LogP contribution < -0.4 is 5.32 Å². The van der Waals surface area contributed by atoms with Gasteiger partial charge in [0.2, 0.25) is 0 Å². The van der Waals surface area contributed by atoms with Gasteiger partial charge < -0.3 is 5.32 Å². The molecule has 0 bridgehead atoms. The molecule has 0 unspecified atom stereocenters. The molecule has 0 aliphatic heterocycles. The van der Waals surface area contributed by atoms with Gasteiger partial charge in [0.05, 0.1) is 5.69 Å². The minimum Gasteiger partial charge on any atom is -0.305 e. The fraction of sp³-hybridized carbons (Fsp3) is 0.400. The Hall–Kier alpha value is -1.13. The molecule has 0 spiro atoms. The van der Waals surface area contributed by atoms with E-state index < -0.39 is 0 Å². The maximum atomic E-state index is 4.34. The lowest BCUT2D eigenvalue weighted by Crippen LogP contribution is -2.20. The van der Waals surface area contributed by atoms with E-state index in [9.17, 15) is 0 Å². The Morgan fingerprint density at radius 1 is 1.37 bits per heavy atom. The van der Waals surface area contributed by atoms with Gasteiger partial charge in [-0.25, -0.2) is 0 Å². The zero-order chi connectivity index (χ0) is 13.7. The number of aromatic nitrogens is 2. The fourth-order valence-corrected chi connectivity index (χ4v) is 2.49. The second-order valence-electron chi connectivity index (χ2n) is 4.70. The van der Waals surface area contributed by atoms with Crippen LogP contribution >= 0.6 is 15.9 Å². The Morgan fingerprint density at radius 3 is 2.95 bits per heavy atom. The van der Waals surface area contributed by atoms with Crippen molar-refractivity contribution in [2.75, 3.05) is 0 Å². The van der Waals surface area contributed by atoms with Gasteiger partial charge in [-0.2, -0.15) is 5.10 Å². The second kappa shape index (κ2) is 6.87. The first-order chi connectivity index (χ1) is 9.20. The lowest BCUT2D eigenvalue weighted by molar-refractivity contribution is 0.517. The molecule has 0 fully saturated rings. The Labute approximate surface area is 123 Å². The predicted molar refractivity (Wildman–Crippen MR) is 81.9 cm³/mol. The third-order valence-corrected chi connectivity index (χ3v) is 3.67. The number of aryl methyl sites for hydroxylation is 1. The molecule has 0 aliphatic carbocycles. The van der Waals surface area contributed by atoms with Gasteiger partial charge in [0.25, 0.3) is 0 Å². The van der Waals surface area contributed by atoms with Crippen LogP contribution in [0.4, 0.5) is 0 Å². The molecule has 1 aromatic carbocycles. The molecule has 0 radical (unpaired) electrons. The molecule has 19 heavy (non-hydrogen) atoms. The second-order valence-corrected chi connectivity index (χ2v) is 5.62. The number of hydrogen-bond acceptors (Lipinski definition) is 2. The van der Waals surface area contributed by atoms with Gasteiger partial charge in [-0.15, -0.1) is 0 Å². The third kappa shape index (κ3) is 3.91. The van der Waals surface area contributed by atoms with Crippen molar-refractivity contribution >= 4 is 15.9 Å². The van der Waals surface area contributed by atoms with Gasteiger partial charge in [-0.3, -0.25) is 4.68 Å². The minimum atomic E-state index is 0.322. The SMILES string of the molecule is CCCn1nccc1CN[C@H](C)c1cccc(Br)c1. The summed E-state index contributed by atoms with van der Waals surface area (Å²) >= 11 is 3.51. The highest BCUT2D eigenvalue weighted by atomic mass is 79.9. The molecule has 1 aromatic heterocycles. The van der Waals surface area contributed by atoms with Crippen LogP contribution in [-0.2, 0) is 13.1 Å². The molecule has 4 heteroatoms. The van der Waals surface area contributed by atoms with E-state index in [-0.39, 0.29) is 0 Å². The summed E-state index contributed by atoms with van der Waals surface area (Å²) in [5.74, 6) is 0. The smallest absolute Gasteiger partial charge is 0.0522 e. The van der Waals surface area contributed by atoms with Gasteiger partial charge in [0, 0.05) is 29.8 Å². The first-order valence-electron chi connectivity index (χ1n) is 6.70. The van der Waals surface area contributed by atoms with Gasteiger partial charge in [-0.1, -0.05) is 35.0 Å². The molecular weight excluding hydrogens is 302 g/mol. The van der Waals surface area contributed by atoms with Crippen molar-refractivity contribution in [2.24, 2.45) is 0 Å². The molecule has 2 rings (SSSR count). The van der Waals surface area contributed by atoms with Gasteiger partial charge in [0.1, 0.15) is 0 Å². The molecule has 102 valence electrons. The van der Waals surface area contributed by atoms with Crippen LogP contribution in [0.1, 0.15) is 37.6 Å². The summed E-state index contributed by atoms with van der Waals surface area (Å²) in [4.78, 5) is 0. The van der Waals surface area contributed by atoms with Gasteiger partial charge >= 0.3 is 0 Å². The van der Waals surface area contributed by atoms with Crippen molar-refractivity contribution in [3.63, 3.8) is 0 Å². The van der Waals surface area contributed by atoms with E-state index in [2.05, 4.69) is 69.1 Å². The monoisotopic (exact) mass is 321 g/mol. The molecule has 0 saturated carbocycles. The van der Waals surface area contributed by atoms with Crippen LogP contribution in [0.15, 0.2) is 41.0 Å². The third-order valence-electron chi connectivity index (χ3n) is 3.18. The Kier molecular flexibility index (Phi) is 5.16. The quantitative estimate of drug-likeness (QED) is 0.874. The zero-order valence-electron chi connectivity index (χ0n) is 11.4. The maximum absolute atomic E-state index is 4.34. The number of nitrogens with zero attached hydrogens (tertiary/aromatic N) is 2. The largest absolute Gasteiger partial charge is 0.305 e. The van der Waals surface area contributed by atoms with Crippen molar-refractivity contribution in [1.82, 2.24) is 15.1 Å². The highest BCUT2D eigenvalue weighted by Gasteiger charge is 2.07. The van der Waals surface area contributed by atoms with E-state index in [1.165, 1.54) is 11.3 Å². The number of rotatable bonds is 6. The number of benzene rings is 1. The van der Waals surface area contributed by atoms with Crippen molar-refractivity contribution in [2.45, 2.75) is 39.4 Å². The first-order valence-corrected chi connectivity index (χ1v) is 7.49. The first kappa shape index (κ1) is 14.3. The van der Waals surface area contributed by atoms with E-state index in [1.807, 2.05) is 12.3 Å². The Bertz CT molecular complexity index is 522. The number of hydrogen-bond donors (Lipinski definition) is 1. The fourth-order valence-electron chi connectivity index (χ4n) is 2.07. The van der Waals surface area contributed by atoms with E-state index >= 15 is 0 Å². The average Bonchev–Trinajstić information content (AvgIpc) is 2.84. The summed E-state index contributed by atoms with van der Waals surface area (Å²) < 4.78 is 3.19. The molecule has 1 N–H and O–H groups in total. The highest BCUT2D eigenvalue weighted by molar-refractivity contribution is 9.10. The van der Waals surface area contributed by atoms with Gasteiger partial charge in [0.15, 0.2) is 0 Å². The molecule has 0 saturated heterocycles. The highest BCUT2D eigenvalue weighted by Crippen LogP contribution is 2.18. The normalized spacial score (nSPS) is 12.6. The van der Waals surface area contributed by atoms with E-state index in [0.29, 0.717) is 6.04 Å². The Morgan fingerprint density at radius 2 is 2.21 bits per heavy atom. The summed E-state index contributed by atoms with van der Waals surface area (Å²) in [6.07, 6.45) is 2.98. The van der Waals surface area contributed by atoms with Crippen LogP contribution in [0.5, 0.6) is 0 Å². The lowest BCUT2D eigenvalue weighted by Gasteiger charge is -2.15. The van der Waals surface area contributed by atoms with Crippen molar-refractivity contribution in [3.8, 4) is 0 Å². The van der Waals surface area contributed by atoms with Gasteiger partial charge in [-0.05, 0) is 37.1 Å². The van der Waals surface area contributed by atoms with Crippen molar-refractivity contribution in [1.29, 1.82) is 0 Å². The zero-order valence-corrected chi connectivity index (χ0v) is 13.0. The minimum absolute atomic E-state index is 0.322. The lowest BCUT2D eigenvalue weighted by atomic mass is 10.1. The molecule has 0 amide bonds. The molecule has 1 atom stereocenters.